The molecule has 4 nitrogen and oxygen atoms in total. The molecule has 2 N–H and O–H groups in total. The Labute approximate surface area is 68.8 Å². The average Bonchev–Trinajstić information content (AvgIpc) is 1.85. The first-order valence-corrected chi connectivity index (χ1v) is 3.57. The van der Waals surface area contributed by atoms with Gasteiger partial charge in [0.25, 0.3) is 0 Å². The Balaban J connectivity index is 3.60. The Morgan fingerprint density at radius 1 is 1.45 bits per heavy atom. The Bertz CT molecular complexity index is 157. The van der Waals surface area contributed by atoms with Crippen molar-refractivity contribution < 1.29 is 19.8 Å². The molecule has 0 rings (SSSR count). The van der Waals surface area contributed by atoms with Crippen LogP contribution in [-0.4, -0.2) is 33.9 Å². The molecule has 0 aromatic rings. The van der Waals surface area contributed by atoms with E-state index in [2.05, 4.69) is 0 Å². The summed E-state index contributed by atoms with van der Waals surface area (Å²) in [6.07, 6.45) is -1.66. The van der Waals surface area contributed by atoms with E-state index in [0.29, 0.717) is 0 Å². The maximum Gasteiger partial charge on any atom is 0.310 e. The first-order valence-electron chi connectivity index (χ1n) is 3.03. The molecule has 0 radical (unpaired) electrons. The summed E-state index contributed by atoms with van der Waals surface area (Å²) in [5.74, 6) is -1.74. The number of rotatable bonds is 5. The summed E-state index contributed by atoms with van der Waals surface area (Å²) in [7, 11) is 0. The molecule has 64 valence electrons. The molecule has 0 saturated heterocycles. The summed E-state index contributed by atoms with van der Waals surface area (Å²) in [6, 6.07) is 0. The van der Waals surface area contributed by atoms with Crippen molar-refractivity contribution in [1.29, 1.82) is 0 Å². The lowest BCUT2D eigenvalue weighted by Gasteiger charge is -2.02. The first-order chi connectivity index (χ1) is 5.06. The van der Waals surface area contributed by atoms with Gasteiger partial charge in [-0.1, -0.05) is 0 Å². The van der Waals surface area contributed by atoms with Gasteiger partial charge in [0.1, 0.15) is 12.2 Å². The van der Waals surface area contributed by atoms with Crippen molar-refractivity contribution in [2.24, 2.45) is 0 Å². The number of carbonyl (C=O) groups is 2. The minimum Gasteiger partial charge on any atom is -0.481 e. The molecule has 0 amide bonds. The van der Waals surface area contributed by atoms with Gasteiger partial charge in [-0.2, -0.15) is 0 Å². The summed E-state index contributed by atoms with van der Waals surface area (Å²) in [5, 5.41) is 16.9. The number of hydrogen-bond acceptors (Lipinski definition) is 3. The van der Waals surface area contributed by atoms with Crippen LogP contribution in [0.15, 0.2) is 0 Å². The fraction of sp³-hybridized carbons (Fsp3) is 0.667. The van der Waals surface area contributed by atoms with Crippen molar-refractivity contribution in [3.8, 4) is 0 Å². The second kappa shape index (κ2) is 5.09. The van der Waals surface area contributed by atoms with E-state index in [4.69, 9.17) is 21.8 Å². The number of aliphatic hydroxyl groups excluding tert-OH is 1. The highest BCUT2D eigenvalue weighted by Gasteiger charge is 2.12. The molecule has 0 aliphatic carbocycles. The van der Waals surface area contributed by atoms with Gasteiger partial charge in [0, 0.05) is 12.3 Å². The fourth-order valence-electron chi connectivity index (χ4n) is 0.558. The van der Waals surface area contributed by atoms with E-state index >= 15 is 0 Å². The molecule has 1 unspecified atom stereocenters. The molecule has 0 aliphatic heterocycles. The highest BCUT2D eigenvalue weighted by atomic mass is 35.5. The highest BCUT2D eigenvalue weighted by molar-refractivity contribution is 6.18. The predicted molar refractivity (Wildman–Crippen MR) is 38.6 cm³/mol. The maximum atomic E-state index is 10.6. The summed E-state index contributed by atoms with van der Waals surface area (Å²) >= 11 is 5.18. The molecule has 5 heteroatoms. The smallest absolute Gasteiger partial charge is 0.310 e. The molecule has 0 aliphatic rings. The summed E-state index contributed by atoms with van der Waals surface area (Å²) in [4.78, 5) is 20.6. The van der Waals surface area contributed by atoms with Gasteiger partial charge in [-0.25, -0.2) is 0 Å². The number of carboxylic acid groups (broad SMARTS) is 1. The van der Waals surface area contributed by atoms with Crippen molar-refractivity contribution in [3.05, 3.63) is 0 Å². The monoisotopic (exact) mass is 180 g/mol. The standard InChI is InChI=1S/C6H9ClO4/c7-3-5(9)1-4(8)2-6(10)11/h5,9H,1-3H2,(H,10,11). The zero-order valence-corrected chi connectivity index (χ0v) is 6.54. The second-order valence-corrected chi connectivity index (χ2v) is 2.43. The third kappa shape index (κ3) is 5.82. The zero-order chi connectivity index (χ0) is 8.85. The number of alkyl halides is 1. The van der Waals surface area contributed by atoms with Crippen LogP contribution in [0.25, 0.3) is 0 Å². The van der Waals surface area contributed by atoms with Crippen molar-refractivity contribution >= 4 is 23.4 Å². The molecular formula is C6H9ClO4. The van der Waals surface area contributed by atoms with Gasteiger partial charge in [-0.05, 0) is 0 Å². The lowest BCUT2D eigenvalue weighted by molar-refractivity contribution is -0.140. The van der Waals surface area contributed by atoms with Crippen molar-refractivity contribution in [3.63, 3.8) is 0 Å². The van der Waals surface area contributed by atoms with E-state index in [1.165, 1.54) is 0 Å². The van der Waals surface area contributed by atoms with Gasteiger partial charge in [0.15, 0.2) is 0 Å². The van der Waals surface area contributed by atoms with Gasteiger partial charge in [0.2, 0.25) is 0 Å². The van der Waals surface area contributed by atoms with E-state index in [-0.39, 0.29) is 12.3 Å². The number of aliphatic carboxylic acids is 1. The Morgan fingerprint density at radius 3 is 2.36 bits per heavy atom. The largest absolute Gasteiger partial charge is 0.481 e. The predicted octanol–water partition coefficient (Wildman–Crippen LogP) is 0.0200. The summed E-state index contributed by atoms with van der Waals surface area (Å²) in [6.45, 7) is 0. The van der Waals surface area contributed by atoms with Crippen LogP contribution in [0.2, 0.25) is 0 Å². The van der Waals surface area contributed by atoms with Gasteiger partial charge < -0.3 is 10.2 Å². The number of carboxylic acids is 1. The first kappa shape index (κ1) is 10.4. The summed E-state index contributed by atoms with van der Waals surface area (Å²) in [5.41, 5.74) is 0. The van der Waals surface area contributed by atoms with Crippen LogP contribution in [0.3, 0.4) is 0 Å². The lowest BCUT2D eigenvalue weighted by atomic mass is 10.1. The number of hydrogen-bond donors (Lipinski definition) is 2. The molecule has 0 heterocycles. The second-order valence-electron chi connectivity index (χ2n) is 2.12. The van der Waals surface area contributed by atoms with E-state index in [1.807, 2.05) is 0 Å². The number of Topliss-reactive ketones (excluding diaryl/α,β-unsaturated/α-hetero) is 1. The van der Waals surface area contributed by atoms with E-state index in [0.717, 1.165) is 0 Å². The Kier molecular flexibility index (Phi) is 4.81. The number of aliphatic hydroxyl groups is 1. The molecular weight excluding hydrogens is 172 g/mol. The molecule has 0 spiro atoms. The van der Waals surface area contributed by atoms with Crippen LogP contribution in [0, 0.1) is 0 Å². The Hall–Kier alpha value is -0.610. The zero-order valence-electron chi connectivity index (χ0n) is 5.79. The lowest BCUT2D eigenvalue weighted by Crippen LogP contribution is -2.17. The topological polar surface area (TPSA) is 74.6 Å². The van der Waals surface area contributed by atoms with Gasteiger partial charge in [0.05, 0.1) is 6.10 Å². The maximum absolute atomic E-state index is 10.6. The van der Waals surface area contributed by atoms with Gasteiger partial charge in [-0.15, -0.1) is 11.6 Å². The molecule has 0 saturated carbocycles. The van der Waals surface area contributed by atoms with Crippen LogP contribution in [0.1, 0.15) is 12.8 Å². The molecule has 0 aromatic carbocycles. The van der Waals surface area contributed by atoms with Gasteiger partial charge in [-0.3, -0.25) is 9.59 Å². The van der Waals surface area contributed by atoms with Crippen molar-refractivity contribution in [2.45, 2.75) is 18.9 Å². The fourth-order valence-corrected chi connectivity index (χ4v) is 0.667. The quantitative estimate of drug-likeness (QED) is 0.462. The third-order valence-corrected chi connectivity index (χ3v) is 1.35. The SMILES string of the molecule is O=C(O)CC(=O)CC(O)CCl. The van der Waals surface area contributed by atoms with Crippen LogP contribution >= 0.6 is 11.6 Å². The molecule has 0 fully saturated rings. The number of ketones is 1. The van der Waals surface area contributed by atoms with E-state index < -0.39 is 24.3 Å². The normalized spacial score (nSPS) is 12.5. The van der Waals surface area contributed by atoms with Gasteiger partial charge >= 0.3 is 5.97 Å². The van der Waals surface area contributed by atoms with E-state index in [9.17, 15) is 9.59 Å². The molecule has 0 bridgehead atoms. The van der Waals surface area contributed by atoms with Crippen LogP contribution in [0.4, 0.5) is 0 Å². The minimum absolute atomic E-state index is 0.0502. The van der Waals surface area contributed by atoms with Crippen molar-refractivity contribution in [1.82, 2.24) is 0 Å². The van der Waals surface area contributed by atoms with E-state index in [1.54, 1.807) is 0 Å². The van der Waals surface area contributed by atoms with Crippen LogP contribution in [0.5, 0.6) is 0 Å². The van der Waals surface area contributed by atoms with Crippen LogP contribution in [-0.2, 0) is 9.59 Å². The van der Waals surface area contributed by atoms with Crippen molar-refractivity contribution in [2.75, 3.05) is 5.88 Å². The molecule has 0 aromatic heterocycles. The number of carbonyl (C=O) groups excluding carboxylic acids is 1. The Morgan fingerprint density at radius 2 is 2.00 bits per heavy atom. The van der Waals surface area contributed by atoms with Crippen LogP contribution < -0.4 is 0 Å². The summed E-state index contributed by atoms with van der Waals surface area (Å²) < 4.78 is 0. The highest BCUT2D eigenvalue weighted by Crippen LogP contribution is 1.98. The minimum atomic E-state index is -1.18. The average molecular weight is 181 g/mol. The molecule has 1 atom stereocenters. The molecule has 11 heavy (non-hydrogen) atoms. The number of halogens is 1. The third-order valence-electron chi connectivity index (χ3n) is 0.990.